The van der Waals surface area contributed by atoms with Crippen LogP contribution in [0, 0.1) is 35.8 Å². The van der Waals surface area contributed by atoms with Gasteiger partial charge in [0.1, 0.15) is 23.8 Å². The zero-order valence-electron chi connectivity index (χ0n) is 31.0. The minimum atomic E-state index is -0.769. The summed E-state index contributed by atoms with van der Waals surface area (Å²) < 4.78 is 31.4. The fraction of sp³-hybridized carbons (Fsp3) is 0.282. The number of nitrogen functional groups attached to an aromatic ring is 1. The molecule has 17 heteroatoms. The molecule has 0 aliphatic carbocycles. The SMILES string of the molecule is CI.[C-]#[N+]c1c(N)nc(CC(=O)OCC)c(C#N)c1-c1ccc2c(c1)OCO2.[C-]#[N+]c1c(NC)nc(C(C)C(=O)OCC)c(C#N)c1-c1ccc2c(c1)OCO2. The highest BCUT2D eigenvalue weighted by atomic mass is 127. The van der Waals surface area contributed by atoms with Crippen LogP contribution >= 0.6 is 22.6 Å². The Kier molecular flexibility index (Phi) is 14.6. The Morgan fingerprint density at radius 2 is 1.39 bits per heavy atom. The van der Waals surface area contributed by atoms with Gasteiger partial charge in [0, 0.05) is 18.2 Å². The summed E-state index contributed by atoms with van der Waals surface area (Å²) in [6, 6.07) is 14.4. The van der Waals surface area contributed by atoms with Gasteiger partial charge in [-0.15, -0.1) is 0 Å². The van der Waals surface area contributed by atoms with E-state index in [0.29, 0.717) is 45.3 Å². The summed E-state index contributed by atoms with van der Waals surface area (Å²) in [4.78, 5) is 41.6. The van der Waals surface area contributed by atoms with Crippen molar-refractivity contribution in [2.75, 3.05) is 49.8 Å². The highest BCUT2D eigenvalue weighted by Gasteiger charge is 2.29. The Labute approximate surface area is 336 Å². The van der Waals surface area contributed by atoms with Crippen molar-refractivity contribution in [2.45, 2.75) is 33.1 Å². The Morgan fingerprint density at radius 3 is 1.88 bits per heavy atom. The van der Waals surface area contributed by atoms with Gasteiger partial charge in [0.2, 0.25) is 25.0 Å². The van der Waals surface area contributed by atoms with E-state index >= 15 is 0 Å². The van der Waals surface area contributed by atoms with Crippen LogP contribution in [-0.2, 0) is 25.5 Å². The Morgan fingerprint density at radius 1 is 0.875 bits per heavy atom. The molecule has 0 fully saturated rings. The number of halogens is 1. The summed E-state index contributed by atoms with van der Waals surface area (Å²) in [5, 5.41) is 22.4. The predicted molar refractivity (Wildman–Crippen MR) is 213 cm³/mol. The molecule has 2 aromatic carbocycles. The van der Waals surface area contributed by atoms with Crippen LogP contribution in [0.5, 0.6) is 23.0 Å². The van der Waals surface area contributed by atoms with Gasteiger partial charge >= 0.3 is 11.9 Å². The van der Waals surface area contributed by atoms with E-state index in [1.807, 2.05) is 11.0 Å². The molecule has 2 aliphatic rings. The quantitative estimate of drug-likeness (QED) is 0.0735. The summed E-state index contributed by atoms with van der Waals surface area (Å²) in [7, 11) is 1.63. The highest BCUT2D eigenvalue weighted by Crippen LogP contribution is 2.45. The first-order valence-corrected chi connectivity index (χ1v) is 18.9. The van der Waals surface area contributed by atoms with Crippen LogP contribution in [0.25, 0.3) is 31.9 Å². The topological polar surface area (TPSA) is 210 Å². The van der Waals surface area contributed by atoms with Crippen molar-refractivity contribution in [3.05, 3.63) is 81.7 Å². The number of carbonyl (C=O) groups is 2. The van der Waals surface area contributed by atoms with Gasteiger partial charge in [-0.2, -0.15) is 10.5 Å². The van der Waals surface area contributed by atoms with Crippen molar-refractivity contribution in [2.24, 2.45) is 0 Å². The lowest BCUT2D eigenvalue weighted by atomic mass is 9.92. The first-order chi connectivity index (χ1) is 27.1. The fourth-order valence-electron chi connectivity index (χ4n) is 5.70. The number of nitrogens with two attached hydrogens (primary N) is 1. The van der Waals surface area contributed by atoms with E-state index in [4.69, 9.17) is 47.3 Å². The number of benzene rings is 2. The van der Waals surface area contributed by atoms with Crippen LogP contribution in [0.4, 0.5) is 23.0 Å². The number of fused-ring (bicyclic) bond motifs is 2. The van der Waals surface area contributed by atoms with E-state index in [1.165, 1.54) is 0 Å². The van der Waals surface area contributed by atoms with E-state index in [1.54, 1.807) is 64.2 Å². The Hall–Kier alpha value is -6.83. The maximum atomic E-state index is 12.3. The molecule has 0 bridgehead atoms. The van der Waals surface area contributed by atoms with Crippen molar-refractivity contribution >= 4 is 57.5 Å². The minimum Gasteiger partial charge on any atom is -0.466 e. The van der Waals surface area contributed by atoms with E-state index in [2.05, 4.69) is 53.6 Å². The Balaban J connectivity index is 0.000000239. The molecule has 0 radical (unpaired) electrons. The molecule has 2 aliphatic heterocycles. The average Bonchev–Trinajstić information content (AvgIpc) is 3.90. The fourth-order valence-corrected chi connectivity index (χ4v) is 5.70. The molecule has 0 spiro atoms. The molecule has 1 unspecified atom stereocenters. The number of hydrogen-bond acceptors (Lipinski definition) is 14. The molecule has 4 aromatic rings. The number of alkyl halides is 1. The van der Waals surface area contributed by atoms with Gasteiger partial charge in [-0.3, -0.25) is 9.59 Å². The van der Waals surface area contributed by atoms with Gasteiger partial charge in [-0.05, 0) is 61.1 Å². The highest BCUT2D eigenvalue weighted by molar-refractivity contribution is 14.1. The number of esters is 2. The van der Waals surface area contributed by atoms with E-state index < -0.39 is 17.9 Å². The smallest absolute Gasteiger partial charge is 0.314 e. The summed E-state index contributed by atoms with van der Waals surface area (Å²) in [5.41, 5.74) is 8.70. The molecular formula is C39H35IN8O8. The maximum Gasteiger partial charge on any atom is 0.314 e. The van der Waals surface area contributed by atoms with Gasteiger partial charge in [0.15, 0.2) is 23.0 Å². The number of nitrogens with one attached hydrogen (secondary N) is 1. The third-order valence-corrected chi connectivity index (χ3v) is 8.15. The molecule has 0 saturated heterocycles. The summed E-state index contributed by atoms with van der Waals surface area (Å²) >= 11 is 2.15. The summed E-state index contributed by atoms with van der Waals surface area (Å²) in [5.74, 6) is 0.654. The lowest BCUT2D eigenvalue weighted by Crippen LogP contribution is -2.17. The lowest BCUT2D eigenvalue weighted by Gasteiger charge is -2.18. The normalized spacial score (nSPS) is 11.8. The molecule has 0 saturated carbocycles. The van der Waals surface area contributed by atoms with Gasteiger partial charge in [0.25, 0.3) is 0 Å². The summed E-state index contributed by atoms with van der Waals surface area (Å²) in [6.07, 6.45) is -0.212. The number of anilines is 2. The second-order valence-corrected chi connectivity index (χ2v) is 11.3. The zero-order valence-corrected chi connectivity index (χ0v) is 33.1. The molecule has 6 rings (SSSR count). The monoisotopic (exact) mass is 870 g/mol. The largest absolute Gasteiger partial charge is 0.466 e. The number of pyridine rings is 2. The van der Waals surface area contributed by atoms with Gasteiger partial charge in [0.05, 0.1) is 61.2 Å². The van der Waals surface area contributed by atoms with Crippen LogP contribution in [0.2, 0.25) is 0 Å². The molecule has 0 amide bonds. The lowest BCUT2D eigenvalue weighted by molar-refractivity contribution is -0.144. The first-order valence-electron chi connectivity index (χ1n) is 16.8. The molecule has 56 heavy (non-hydrogen) atoms. The number of nitriles is 2. The predicted octanol–water partition coefficient (Wildman–Crippen LogP) is 7.25. The van der Waals surface area contributed by atoms with Crippen LogP contribution in [0.1, 0.15) is 49.2 Å². The van der Waals surface area contributed by atoms with Crippen LogP contribution in [-0.4, -0.2) is 60.7 Å². The maximum absolute atomic E-state index is 12.3. The number of nitrogens with zero attached hydrogens (tertiary/aromatic N) is 6. The summed E-state index contributed by atoms with van der Waals surface area (Å²) in [6.45, 7) is 20.7. The van der Waals surface area contributed by atoms with Crippen molar-refractivity contribution < 1.29 is 38.0 Å². The van der Waals surface area contributed by atoms with Crippen LogP contribution in [0.3, 0.4) is 0 Å². The zero-order chi connectivity index (χ0) is 40.9. The molecule has 286 valence electrons. The molecule has 16 nitrogen and oxygen atoms in total. The van der Waals surface area contributed by atoms with Crippen LogP contribution < -0.4 is 30.0 Å². The molecule has 4 heterocycles. The standard InChI is InChI=1S/C20H18N4O4.C18H14N4O4.CH3I/c1-5-26-20(25)11(2)17-13(9-21)16(18(22-3)19(23-4)24-17)12-6-7-14-15(8-12)28-10-27-14;1-3-24-15(23)7-12-11(8-19)16(17(21-2)18(20)22-12)10-4-5-13-14(6-10)26-9-25-13;1-2/h6-8,11H,5,10H2,1-2,4H3,(H,23,24);4-6H,3,7,9H2,1H3,(H2,20,22);1H3. The minimum absolute atomic E-state index is 0.0491. The van der Waals surface area contributed by atoms with E-state index in [-0.39, 0.29) is 78.7 Å². The van der Waals surface area contributed by atoms with E-state index in [9.17, 15) is 20.1 Å². The van der Waals surface area contributed by atoms with E-state index in [0.717, 1.165) is 0 Å². The number of rotatable bonds is 9. The second kappa shape index (κ2) is 19.5. The van der Waals surface area contributed by atoms with Crippen molar-refractivity contribution in [1.82, 2.24) is 9.97 Å². The van der Waals surface area contributed by atoms with Crippen molar-refractivity contribution in [1.29, 1.82) is 10.5 Å². The average molecular weight is 871 g/mol. The molecule has 2 aromatic heterocycles. The van der Waals surface area contributed by atoms with Crippen LogP contribution in [0.15, 0.2) is 36.4 Å². The Bertz CT molecular complexity index is 2320. The van der Waals surface area contributed by atoms with Gasteiger partial charge < -0.3 is 39.5 Å². The van der Waals surface area contributed by atoms with Gasteiger partial charge in [-0.1, -0.05) is 34.7 Å². The number of hydrogen-bond donors (Lipinski definition) is 2. The first kappa shape index (κ1) is 41.9. The number of carbonyl (C=O) groups excluding carboxylic acids is 2. The number of ether oxygens (including phenoxy) is 6. The third kappa shape index (κ3) is 8.75. The third-order valence-electron chi connectivity index (χ3n) is 8.15. The van der Waals surface area contributed by atoms with Crippen molar-refractivity contribution in [3.63, 3.8) is 0 Å². The molecule has 3 N–H and O–H groups in total. The van der Waals surface area contributed by atoms with Crippen molar-refractivity contribution in [3.8, 4) is 57.4 Å². The second-order valence-electron chi connectivity index (χ2n) is 11.3. The number of aromatic nitrogens is 2. The molecule has 1 atom stereocenters. The molecular weight excluding hydrogens is 835 g/mol. The van der Waals surface area contributed by atoms with Gasteiger partial charge in [-0.25, -0.2) is 19.7 Å².